The molecule has 0 aromatic carbocycles. The van der Waals surface area contributed by atoms with Crippen LogP contribution < -0.4 is 10.6 Å². The summed E-state index contributed by atoms with van der Waals surface area (Å²) in [6.45, 7) is 3.89. The molecule has 4 amide bonds. The van der Waals surface area contributed by atoms with E-state index in [2.05, 4.69) is 15.6 Å². The molecule has 1 fully saturated rings. The van der Waals surface area contributed by atoms with Gasteiger partial charge in [0, 0.05) is 45.1 Å². The predicted molar refractivity (Wildman–Crippen MR) is 115 cm³/mol. The van der Waals surface area contributed by atoms with Gasteiger partial charge in [0.1, 0.15) is 18.7 Å². The first-order valence-electron chi connectivity index (χ1n) is 10.4. The molecule has 2 rings (SSSR count). The Balaban J connectivity index is 2.20. The van der Waals surface area contributed by atoms with E-state index in [1.54, 1.807) is 24.5 Å². The van der Waals surface area contributed by atoms with Gasteiger partial charge in [0.25, 0.3) is 0 Å². The van der Waals surface area contributed by atoms with Crippen molar-refractivity contribution in [3.05, 3.63) is 30.1 Å². The van der Waals surface area contributed by atoms with E-state index in [0.29, 0.717) is 0 Å². The molecule has 0 radical (unpaired) electrons. The minimum absolute atomic E-state index is 0.0133. The number of carbonyl (C=O) groups excluding carboxylic acids is 4. The number of aromatic nitrogens is 1. The Labute approximate surface area is 187 Å². The number of carbonyl (C=O) groups is 4. The van der Waals surface area contributed by atoms with Crippen molar-refractivity contribution < 1.29 is 28.7 Å². The van der Waals surface area contributed by atoms with Gasteiger partial charge in [-0.1, -0.05) is 6.07 Å². The lowest BCUT2D eigenvalue weighted by molar-refractivity contribution is -0.149. The zero-order valence-electron chi connectivity index (χ0n) is 18.9. The Morgan fingerprint density at radius 3 is 2.53 bits per heavy atom. The molecule has 2 heterocycles. The fraction of sp³-hybridized carbons (Fsp3) is 0.571. The van der Waals surface area contributed by atoms with E-state index in [4.69, 9.17) is 9.47 Å². The summed E-state index contributed by atoms with van der Waals surface area (Å²) in [4.78, 5) is 57.4. The molecule has 0 aliphatic carbocycles. The molecule has 1 aliphatic rings. The quantitative estimate of drug-likeness (QED) is 0.515. The van der Waals surface area contributed by atoms with Gasteiger partial charge in [-0.3, -0.25) is 14.6 Å². The number of rotatable bonds is 8. The molecule has 1 aromatic heterocycles. The lowest BCUT2D eigenvalue weighted by Crippen LogP contribution is -2.64. The Bertz CT molecular complexity index is 803. The number of nitrogens with one attached hydrogen (secondary N) is 2. The van der Waals surface area contributed by atoms with Crippen LogP contribution in [-0.4, -0.2) is 97.2 Å². The first-order chi connectivity index (χ1) is 15.3. The van der Waals surface area contributed by atoms with Crippen molar-refractivity contribution in [2.24, 2.45) is 0 Å². The van der Waals surface area contributed by atoms with Gasteiger partial charge in [-0.15, -0.1) is 0 Å². The van der Waals surface area contributed by atoms with E-state index in [1.165, 1.54) is 24.0 Å². The van der Waals surface area contributed by atoms with Crippen molar-refractivity contribution in [1.29, 1.82) is 0 Å². The number of pyridine rings is 1. The average Bonchev–Trinajstić information content (AvgIpc) is 2.78. The number of urea groups is 1. The van der Waals surface area contributed by atoms with Crippen LogP contribution in [0.1, 0.15) is 19.4 Å². The van der Waals surface area contributed by atoms with Crippen molar-refractivity contribution in [3.8, 4) is 0 Å². The minimum Gasteiger partial charge on any atom is -0.467 e. The number of methoxy groups -OCH3 is 2. The van der Waals surface area contributed by atoms with Crippen LogP contribution in [0, 0.1) is 0 Å². The average molecular weight is 450 g/mol. The number of nitrogens with zero attached hydrogens (tertiary/aromatic N) is 3. The first-order valence-corrected chi connectivity index (χ1v) is 10.4. The van der Waals surface area contributed by atoms with Crippen LogP contribution in [0.3, 0.4) is 0 Å². The van der Waals surface area contributed by atoms with Crippen molar-refractivity contribution in [1.82, 2.24) is 25.4 Å². The Morgan fingerprint density at radius 1 is 1.19 bits per heavy atom. The summed E-state index contributed by atoms with van der Waals surface area (Å²) in [6, 6.07) is 1.15. The predicted octanol–water partition coefficient (Wildman–Crippen LogP) is -0.441. The second-order valence-electron chi connectivity index (χ2n) is 7.74. The maximum atomic E-state index is 13.2. The smallest absolute Gasteiger partial charge is 0.328 e. The van der Waals surface area contributed by atoms with E-state index in [-0.39, 0.29) is 50.6 Å². The number of amides is 4. The van der Waals surface area contributed by atoms with Crippen molar-refractivity contribution >= 4 is 23.8 Å². The van der Waals surface area contributed by atoms with Crippen molar-refractivity contribution in [2.45, 2.75) is 38.4 Å². The number of esters is 1. The monoisotopic (exact) mass is 449 g/mol. The summed E-state index contributed by atoms with van der Waals surface area (Å²) in [5, 5.41) is 5.47. The van der Waals surface area contributed by atoms with Gasteiger partial charge in [0.15, 0.2) is 0 Å². The highest BCUT2D eigenvalue weighted by Crippen LogP contribution is 2.13. The Morgan fingerprint density at radius 2 is 1.94 bits per heavy atom. The Kier molecular flexibility index (Phi) is 9.39. The number of ether oxygens (including phenoxy) is 2. The van der Waals surface area contributed by atoms with Gasteiger partial charge in [0.05, 0.1) is 13.7 Å². The Hall–Kier alpha value is -3.21. The van der Waals surface area contributed by atoms with Gasteiger partial charge in [0.2, 0.25) is 11.8 Å². The third-order valence-corrected chi connectivity index (χ3v) is 4.94. The molecule has 0 spiro atoms. The topological polar surface area (TPSA) is 130 Å². The van der Waals surface area contributed by atoms with Gasteiger partial charge >= 0.3 is 12.0 Å². The number of piperazine rings is 1. The van der Waals surface area contributed by atoms with Crippen LogP contribution in [0.4, 0.5) is 4.79 Å². The number of hydrogen-bond acceptors (Lipinski definition) is 7. The maximum absolute atomic E-state index is 13.2. The molecule has 2 atom stereocenters. The summed E-state index contributed by atoms with van der Waals surface area (Å²) in [7, 11) is 2.62. The molecular formula is C21H31N5O6. The fourth-order valence-electron chi connectivity index (χ4n) is 3.39. The summed E-state index contributed by atoms with van der Waals surface area (Å²) < 4.78 is 9.77. The van der Waals surface area contributed by atoms with Crippen molar-refractivity contribution in [3.63, 3.8) is 0 Å². The van der Waals surface area contributed by atoms with Gasteiger partial charge < -0.3 is 29.9 Å². The standard InChI is InChI=1S/C21H31N5O6/c1-14(2)23-21(30)25-8-9-26(18(27)13-31-3)17(12-25)19(28)24-16(20(29)32-4)10-15-6-5-7-22-11-15/h5-7,11,14,16-17H,8-10,12-13H2,1-4H3,(H,23,30)(H,24,28). The van der Waals surface area contributed by atoms with E-state index in [1.807, 2.05) is 13.8 Å². The highest BCUT2D eigenvalue weighted by molar-refractivity contribution is 5.92. The highest BCUT2D eigenvalue weighted by Gasteiger charge is 2.38. The van der Waals surface area contributed by atoms with Gasteiger partial charge in [-0.05, 0) is 25.5 Å². The molecule has 1 aromatic rings. The fourth-order valence-corrected chi connectivity index (χ4v) is 3.39. The van der Waals surface area contributed by atoms with Crippen LogP contribution in [-0.2, 0) is 30.3 Å². The summed E-state index contributed by atoms with van der Waals surface area (Å²) in [5.41, 5.74) is 0.733. The largest absolute Gasteiger partial charge is 0.467 e. The second-order valence-corrected chi connectivity index (χ2v) is 7.74. The molecule has 11 nitrogen and oxygen atoms in total. The molecule has 1 aliphatic heterocycles. The molecule has 0 bridgehead atoms. The molecule has 1 saturated heterocycles. The van der Waals surface area contributed by atoms with E-state index in [9.17, 15) is 19.2 Å². The maximum Gasteiger partial charge on any atom is 0.328 e. The van der Waals surface area contributed by atoms with E-state index >= 15 is 0 Å². The molecule has 0 saturated carbocycles. The minimum atomic E-state index is -0.981. The summed E-state index contributed by atoms with van der Waals surface area (Å²) in [5.74, 6) is -1.56. The van der Waals surface area contributed by atoms with Gasteiger partial charge in [-0.25, -0.2) is 9.59 Å². The first kappa shape index (κ1) is 25.1. The van der Waals surface area contributed by atoms with Crippen LogP contribution in [0.15, 0.2) is 24.5 Å². The third-order valence-electron chi connectivity index (χ3n) is 4.94. The highest BCUT2D eigenvalue weighted by atomic mass is 16.5. The van der Waals surface area contributed by atoms with E-state index < -0.39 is 24.0 Å². The van der Waals surface area contributed by atoms with Crippen LogP contribution >= 0.6 is 0 Å². The lowest BCUT2D eigenvalue weighted by Gasteiger charge is -2.41. The molecule has 11 heteroatoms. The molecule has 176 valence electrons. The summed E-state index contributed by atoms with van der Waals surface area (Å²) in [6.07, 6.45) is 3.37. The lowest BCUT2D eigenvalue weighted by atomic mass is 10.1. The third kappa shape index (κ3) is 6.91. The van der Waals surface area contributed by atoms with Gasteiger partial charge in [-0.2, -0.15) is 0 Å². The normalized spacial score (nSPS) is 17.0. The van der Waals surface area contributed by atoms with Crippen LogP contribution in [0.2, 0.25) is 0 Å². The van der Waals surface area contributed by atoms with Crippen LogP contribution in [0.25, 0.3) is 0 Å². The zero-order chi connectivity index (χ0) is 23.7. The summed E-state index contributed by atoms with van der Waals surface area (Å²) >= 11 is 0. The molecular weight excluding hydrogens is 418 g/mol. The number of hydrogen-bond donors (Lipinski definition) is 2. The molecule has 2 unspecified atom stereocenters. The second kappa shape index (κ2) is 12.0. The SMILES string of the molecule is COCC(=O)N1CCN(C(=O)NC(C)C)CC1C(=O)NC(Cc1cccnc1)C(=O)OC. The molecule has 2 N–H and O–H groups in total. The van der Waals surface area contributed by atoms with Crippen molar-refractivity contribution in [2.75, 3.05) is 40.5 Å². The zero-order valence-corrected chi connectivity index (χ0v) is 18.9. The van der Waals surface area contributed by atoms with E-state index in [0.717, 1.165) is 5.56 Å². The molecule has 32 heavy (non-hydrogen) atoms. The van der Waals surface area contributed by atoms with Crippen LogP contribution in [0.5, 0.6) is 0 Å².